The number of nitrogens with zero attached hydrogens (tertiary/aromatic N) is 1. The average Bonchev–Trinajstić information content (AvgIpc) is 2.33. The van der Waals surface area contributed by atoms with Crippen LogP contribution < -0.4 is 11.1 Å². The number of anilines is 1. The number of para-hydroxylation sites is 1. The topological polar surface area (TPSA) is 58.4 Å². The molecule has 18 heavy (non-hydrogen) atoms. The molecular weight excluding hydrogens is 250 g/mol. The van der Waals surface area contributed by atoms with Gasteiger partial charge < -0.3 is 11.1 Å². The van der Waals surface area contributed by atoms with Gasteiger partial charge in [-0.25, -0.2) is 0 Å². The number of rotatable bonds is 3. The second-order valence-corrected chi connectivity index (χ2v) is 4.53. The molecule has 1 saturated heterocycles. The van der Waals surface area contributed by atoms with Crippen LogP contribution in [0.2, 0.25) is 0 Å². The Labute approximate surface area is 114 Å². The summed E-state index contributed by atoms with van der Waals surface area (Å²) in [5.74, 6) is 0.0478. The van der Waals surface area contributed by atoms with Crippen LogP contribution in [0.1, 0.15) is 12.8 Å². The number of carbonyl (C=O) groups excluding carboxylic acids is 1. The highest BCUT2D eigenvalue weighted by Gasteiger charge is 2.17. The lowest BCUT2D eigenvalue weighted by Gasteiger charge is -2.29. The van der Waals surface area contributed by atoms with Crippen molar-refractivity contribution in [2.75, 3.05) is 25.0 Å². The third-order valence-corrected chi connectivity index (χ3v) is 3.06. The van der Waals surface area contributed by atoms with Gasteiger partial charge in [0, 0.05) is 24.8 Å². The van der Waals surface area contributed by atoms with E-state index in [2.05, 4.69) is 10.2 Å². The molecule has 0 aromatic heterocycles. The molecule has 0 aliphatic carbocycles. The summed E-state index contributed by atoms with van der Waals surface area (Å²) >= 11 is 0. The zero-order chi connectivity index (χ0) is 12.1. The summed E-state index contributed by atoms with van der Waals surface area (Å²) in [5, 5.41) is 2.89. The Morgan fingerprint density at radius 2 is 1.89 bits per heavy atom. The molecule has 0 radical (unpaired) electrons. The van der Waals surface area contributed by atoms with E-state index in [9.17, 15) is 4.79 Å². The monoisotopic (exact) mass is 269 g/mol. The Balaban J connectivity index is 0.00000162. The van der Waals surface area contributed by atoms with E-state index in [1.165, 1.54) is 0 Å². The van der Waals surface area contributed by atoms with Crippen molar-refractivity contribution in [3.05, 3.63) is 30.3 Å². The SMILES string of the molecule is Cl.NC1CCN(CC(=O)Nc2ccccc2)CC1. The molecule has 1 heterocycles. The maximum atomic E-state index is 11.8. The van der Waals surface area contributed by atoms with E-state index >= 15 is 0 Å². The highest BCUT2D eigenvalue weighted by Crippen LogP contribution is 2.09. The standard InChI is InChI=1S/C13H19N3O.ClH/c14-11-6-8-16(9-7-11)10-13(17)15-12-4-2-1-3-5-12;/h1-5,11H,6-10,14H2,(H,15,17);1H. The van der Waals surface area contributed by atoms with E-state index in [0.29, 0.717) is 12.6 Å². The summed E-state index contributed by atoms with van der Waals surface area (Å²) in [6.07, 6.45) is 1.97. The van der Waals surface area contributed by atoms with E-state index in [1.54, 1.807) is 0 Å². The Bertz CT molecular complexity index is 364. The molecule has 1 aromatic carbocycles. The number of nitrogens with two attached hydrogens (primary N) is 1. The van der Waals surface area contributed by atoms with Crippen LogP contribution in [0.25, 0.3) is 0 Å². The summed E-state index contributed by atoms with van der Waals surface area (Å²) in [7, 11) is 0. The first kappa shape index (κ1) is 15.0. The van der Waals surface area contributed by atoms with Crippen LogP contribution in [0.4, 0.5) is 5.69 Å². The molecule has 1 aromatic rings. The summed E-state index contributed by atoms with van der Waals surface area (Å²) in [6, 6.07) is 9.85. The Morgan fingerprint density at radius 3 is 2.50 bits per heavy atom. The maximum Gasteiger partial charge on any atom is 0.238 e. The van der Waals surface area contributed by atoms with Crippen LogP contribution in [-0.2, 0) is 4.79 Å². The Kier molecular flexibility index (Phi) is 6.12. The van der Waals surface area contributed by atoms with Crippen molar-refractivity contribution in [2.24, 2.45) is 5.73 Å². The van der Waals surface area contributed by atoms with Gasteiger partial charge in [0.15, 0.2) is 0 Å². The molecule has 0 saturated carbocycles. The summed E-state index contributed by atoms with van der Waals surface area (Å²) in [6.45, 7) is 2.30. The Morgan fingerprint density at radius 1 is 1.28 bits per heavy atom. The number of amides is 1. The molecular formula is C13H20ClN3O. The van der Waals surface area contributed by atoms with Gasteiger partial charge in [0.05, 0.1) is 6.54 Å². The summed E-state index contributed by atoms with van der Waals surface area (Å²) in [4.78, 5) is 13.9. The number of nitrogens with one attached hydrogen (secondary N) is 1. The van der Waals surface area contributed by atoms with Crippen molar-refractivity contribution in [1.82, 2.24) is 4.90 Å². The lowest BCUT2D eigenvalue weighted by molar-refractivity contribution is -0.117. The van der Waals surface area contributed by atoms with E-state index in [4.69, 9.17) is 5.73 Å². The van der Waals surface area contributed by atoms with Crippen LogP contribution in [0.15, 0.2) is 30.3 Å². The van der Waals surface area contributed by atoms with E-state index in [-0.39, 0.29) is 18.3 Å². The van der Waals surface area contributed by atoms with Gasteiger partial charge in [-0.05, 0) is 25.0 Å². The molecule has 1 aliphatic rings. The van der Waals surface area contributed by atoms with Gasteiger partial charge in [-0.3, -0.25) is 9.69 Å². The van der Waals surface area contributed by atoms with Gasteiger partial charge in [-0.2, -0.15) is 0 Å². The summed E-state index contributed by atoms with van der Waals surface area (Å²) in [5.41, 5.74) is 6.68. The highest BCUT2D eigenvalue weighted by molar-refractivity contribution is 5.92. The third kappa shape index (κ3) is 4.64. The first-order valence-corrected chi connectivity index (χ1v) is 6.07. The van der Waals surface area contributed by atoms with E-state index in [0.717, 1.165) is 31.6 Å². The minimum atomic E-state index is 0. The number of hydrogen-bond donors (Lipinski definition) is 2. The van der Waals surface area contributed by atoms with Gasteiger partial charge in [0.2, 0.25) is 5.91 Å². The molecule has 1 amide bonds. The lowest BCUT2D eigenvalue weighted by atomic mass is 10.1. The molecule has 0 spiro atoms. The number of carbonyl (C=O) groups is 1. The quantitative estimate of drug-likeness (QED) is 0.874. The van der Waals surface area contributed by atoms with Crippen molar-refractivity contribution >= 4 is 24.0 Å². The minimum Gasteiger partial charge on any atom is -0.328 e. The van der Waals surface area contributed by atoms with Crippen LogP contribution in [-0.4, -0.2) is 36.5 Å². The molecule has 0 unspecified atom stereocenters. The number of hydrogen-bond acceptors (Lipinski definition) is 3. The van der Waals surface area contributed by atoms with Gasteiger partial charge in [0.25, 0.3) is 0 Å². The Hall–Kier alpha value is -1.10. The minimum absolute atomic E-state index is 0. The molecule has 100 valence electrons. The van der Waals surface area contributed by atoms with Crippen LogP contribution >= 0.6 is 12.4 Å². The fourth-order valence-electron chi connectivity index (χ4n) is 2.04. The molecule has 1 aliphatic heterocycles. The second-order valence-electron chi connectivity index (χ2n) is 4.53. The number of likely N-dealkylation sites (tertiary alicyclic amines) is 1. The molecule has 0 bridgehead atoms. The largest absolute Gasteiger partial charge is 0.328 e. The number of halogens is 1. The second kappa shape index (κ2) is 7.36. The fourth-order valence-corrected chi connectivity index (χ4v) is 2.04. The summed E-state index contributed by atoms with van der Waals surface area (Å²) < 4.78 is 0. The van der Waals surface area contributed by atoms with Crippen molar-refractivity contribution in [2.45, 2.75) is 18.9 Å². The molecule has 5 heteroatoms. The lowest BCUT2D eigenvalue weighted by Crippen LogP contribution is -2.43. The zero-order valence-electron chi connectivity index (χ0n) is 10.3. The predicted octanol–water partition coefficient (Wildman–Crippen LogP) is 1.47. The van der Waals surface area contributed by atoms with Crippen molar-refractivity contribution < 1.29 is 4.79 Å². The van der Waals surface area contributed by atoms with Crippen molar-refractivity contribution in [3.8, 4) is 0 Å². The average molecular weight is 270 g/mol. The van der Waals surface area contributed by atoms with Crippen LogP contribution in [0.5, 0.6) is 0 Å². The van der Waals surface area contributed by atoms with Crippen LogP contribution in [0, 0.1) is 0 Å². The molecule has 3 N–H and O–H groups in total. The number of benzene rings is 1. The number of piperidine rings is 1. The first-order valence-electron chi connectivity index (χ1n) is 6.07. The van der Waals surface area contributed by atoms with Crippen molar-refractivity contribution in [3.63, 3.8) is 0 Å². The first-order chi connectivity index (χ1) is 8.24. The van der Waals surface area contributed by atoms with Crippen LogP contribution in [0.3, 0.4) is 0 Å². The van der Waals surface area contributed by atoms with E-state index < -0.39 is 0 Å². The normalized spacial score (nSPS) is 16.9. The fraction of sp³-hybridized carbons (Fsp3) is 0.462. The van der Waals surface area contributed by atoms with E-state index in [1.807, 2.05) is 30.3 Å². The zero-order valence-corrected chi connectivity index (χ0v) is 11.2. The van der Waals surface area contributed by atoms with Gasteiger partial charge in [-0.1, -0.05) is 18.2 Å². The van der Waals surface area contributed by atoms with Gasteiger partial charge in [0.1, 0.15) is 0 Å². The molecule has 0 atom stereocenters. The maximum absolute atomic E-state index is 11.8. The smallest absolute Gasteiger partial charge is 0.238 e. The predicted molar refractivity (Wildman–Crippen MR) is 76.0 cm³/mol. The molecule has 1 fully saturated rings. The van der Waals surface area contributed by atoms with Gasteiger partial charge >= 0.3 is 0 Å². The molecule has 2 rings (SSSR count). The van der Waals surface area contributed by atoms with Crippen molar-refractivity contribution in [1.29, 1.82) is 0 Å². The molecule has 4 nitrogen and oxygen atoms in total. The highest BCUT2D eigenvalue weighted by atomic mass is 35.5. The third-order valence-electron chi connectivity index (χ3n) is 3.06. The van der Waals surface area contributed by atoms with Gasteiger partial charge in [-0.15, -0.1) is 12.4 Å².